The average Bonchev–Trinajstić information content (AvgIpc) is 3.28. The Bertz CT molecular complexity index is 1130. The number of para-hydroxylation sites is 1. The number of nitrogens with one attached hydrogen (secondary N) is 2. The molecule has 8 heteroatoms. The molecule has 2 heterocycles. The van der Waals surface area contributed by atoms with E-state index in [0.717, 1.165) is 35.2 Å². The lowest BCUT2D eigenvalue weighted by molar-refractivity contribution is 0.248. The Balaban J connectivity index is 1.24. The summed E-state index contributed by atoms with van der Waals surface area (Å²) in [5, 5.41) is 18.7. The Morgan fingerprint density at radius 1 is 1.17 bits per heavy atom. The number of carbonyl (C=O) groups excluding carboxylic acids is 1. The van der Waals surface area contributed by atoms with Gasteiger partial charge >= 0.3 is 6.03 Å². The van der Waals surface area contributed by atoms with Crippen molar-refractivity contribution in [3.8, 4) is 11.4 Å². The van der Waals surface area contributed by atoms with Gasteiger partial charge in [0.15, 0.2) is 5.82 Å². The van der Waals surface area contributed by atoms with Crippen LogP contribution in [-0.2, 0) is 0 Å². The van der Waals surface area contributed by atoms with E-state index < -0.39 is 0 Å². The molecule has 0 radical (unpaired) electrons. The van der Waals surface area contributed by atoms with Gasteiger partial charge in [0, 0.05) is 16.6 Å². The number of hydrogen-bond acceptors (Lipinski definition) is 5. The molecule has 1 unspecified atom stereocenters. The third-order valence-electron chi connectivity index (χ3n) is 5.01. The van der Waals surface area contributed by atoms with E-state index >= 15 is 0 Å². The number of fused-ring (bicyclic) bond motifs is 1. The predicted molar refractivity (Wildman–Crippen MR) is 108 cm³/mol. The second-order valence-electron chi connectivity index (χ2n) is 7.26. The highest BCUT2D eigenvalue weighted by molar-refractivity contribution is 5.89. The minimum atomic E-state index is -0.298. The van der Waals surface area contributed by atoms with Gasteiger partial charge in [-0.15, -0.1) is 5.10 Å². The molecule has 0 aliphatic heterocycles. The summed E-state index contributed by atoms with van der Waals surface area (Å²) in [6, 6.07) is 17.1. The van der Waals surface area contributed by atoms with Crippen molar-refractivity contribution in [2.75, 3.05) is 5.32 Å². The average molecular weight is 388 g/mol. The third-order valence-corrected chi connectivity index (χ3v) is 5.01. The Kier molecular flexibility index (Phi) is 4.23. The first-order valence-corrected chi connectivity index (χ1v) is 9.62. The number of urea groups is 1. The van der Waals surface area contributed by atoms with E-state index in [2.05, 4.69) is 26.2 Å². The predicted octanol–water partition coefficient (Wildman–Crippen LogP) is 4.30. The number of rotatable bonds is 5. The fourth-order valence-corrected chi connectivity index (χ4v) is 3.30. The van der Waals surface area contributed by atoms with Crippen molar-refractivity contribution in [2.24, 2.45) is 0 Å². The van der Waals surface area contributed by atoms with E-state index in [1.165, 1.54) is 0 Å². The molecule has 0 spiro atoms. The summed E-state index contributed by atoms with van der Waals surface area (Å²) in [5.74, 6) is 1.46. The van der Waals surface area contributed by atoms with Gasteiger partial charge in [-0.1, -0.05) is 18.2 Å². The van der Waals surface area contributed by atoms with Crippen LogP contribution < -0.4 is 10.6 Å². The first kappa shape index (κ1) is 17.4. The molecule has 1 saturated carbocycles. The summed E-state index contributed by atoms with van der Waals surface area (Å²) >= 11 is 0. The number of aromatic nitrogens is 4. The topological polar surface area (TPSA) is 97.9 Å². The number of anilines is 1. The van der Waals surface area contributed by atoms with E-state index in [-0.39, 0.29) is 12.1 Å². The molecule has 1 fully saturated rings. The SMILES string of the molecule is CC(NC(=O)Nc1ccc(-c2nnnn2C2CC2)cc1)c1cc2ccccc2o1. The zero-order valence-corrected chi connectivity index (χ0v) is 15.9. The van der Waals surface area contributed by atoms with E-state index in [0.29, 0.717) is 17.5 Å². The molecule has 1 atom stereocenters. The molecule has 1 aliphatic carbocycles. The van der Waals surface area contributed by atoms with Crippen molar-refractivity contribution in [3.05, 3.63) is 60.4 Å². The van der Waals surface area contributed by atoms with Crippen LogP contribution in [0.1, 0.15) is 37.6 Å². The Hall–Kier alpha value is -3.68. The van der Waals surface area contributed by atoms with Crippen molar-refractivity contribution in [3.63, 3.8) is 0 Å². The van der Waals surface area contributed by atoms with Crippen molar-refractivity contribution < 1.29 is 9.21 Å². The molecular weight excluding hydrogens is 368 g/mol. The number of tetrazole rings is 1. The van der Waals surface area contributed by atoms with Gasteiger partial charge in [0.05, 0.1) is 12.1 Å². The molecule has 2 N–H and O–H groups in total. The molecule has 5 rings (SSSR count). The van der Waals surface area contributed by atoms with Gasteiger partial charge in [0.1, 0.15) is 11.3 Å². The summed E-state index contributed by atoms with van der Waals surface area (Å²) < 4.78 is 7.68. The van der Waals surface area contributed by atoms with E-state index in [9.17, 15) is 4.79 Å². The van der Waals surface area contributed by atoms with Crippen LogP contribution in [0.2, 0.25) is 0 Å². The van der Waals surface area contributed by atoms with Gasteiger partial charge in [0.2, 0.25) is 0 Å². The van der Waals surface area contributed by atoms with Crippen LogP contribution >= 0.6 is 0 Å². The lowest BCUT2D eigenvalue weighted by Crippen LogP contribution is -2.30. The number of nitrogens with zero attached hydrogens (tertiary/aromatic N) is 4. The molecule has 2 amide bonds. The highest BCUT2D eigenvalue weighted by atomic mass is 16.3. The van der Waals surface area contributed by atoms with Crippen molar-refractivity contribution >= 4 is 22.7 Å². The number of hydrogen-bond donors (Lipinski definition) is 2. The number of furan rings is 1. The van der Waals surface area contributed by atoms with Crippen LogP contribution in [0, 0.1) is 0 Å². The van der Waals surface area contributed by atoms with E-state index in [1.54, 1.807) is 0 Å². The Morgan fingerprint density at radius 2 is 1.97 bits per heavy atom. The smallest absolute Gasteiger partial charge is 0.319 e. The molecule has 2 aromatic carbocycles. The van der Waals surface area contributed by atoms with Crippen molar-refractivity contribution in [1.82, 2.24) is 25.5 Å². The Morgan fingerprint density at radius 3 is 2.72 bits per heavy atom. The van der Waals surface area contributed by atoms with Crippen LogP contribution in [0.3, 0.4) is 0 Å². The highest BCUT2D eigenvalue weighted by Gasteiger charge is 2.28. The van der Waals surface area contributed by atoms with Gasteiger partial charge in [-0.25, -0.2) is 9.48 Å². The van der Waals surface area contributed by atoms with Crippen molar-refractivity contribution in [1.29, 1.82) is 0 Å². The molecule has 4 aromatic rings. The van der Waals surface area contributed by atoms with Gasteiger partial charge in [-0.3, -0.25) is 0 Å². The molecule has 1 aliphatic rings. The van der Waals surface area contributed by atoms with Gasteiger partial charge < -0.3 is 15.1 Å². The summed E-state index contributed by atoms with van der Waals surface area (Å²) in [7, 11) is 0. The quantitative estimate of drug-likeness (QED) is 0.531. The fourth-order valence-electron chi connectivity index (χ4n) is 3.30. The second-order valence-corrected chi connectivity index (χ2v) is 7.26. The van der Waals surface area contributed by atoms with Crippen LogP contribution in [0.5, 0.6) is 0 Å². The normalized spacial score (nSPS) is 14.7. The van der Waals surface area contributed by atoms with Crippen LogP contribution in [0.4, 0.5) is 10.5 Å². The van der Waals surface area contributed by atoms with Crippen LogP contribution in [0.25, 0.3) is 22.4 Å². The minimum Gasteiger partial charge on any atom is -0.459 e. The molecule has 8 nitrogen and oxygen atoms in total. The maximum Gasteiger partial charge on any atom is 0.319 e. The first-order valence-electron chi connectivity index (χ1n) is 9.62. The highest BCUT2D eigenvalue weighted by Crippen LogP contribution is 2.36. The second kappa shape index (κ2) is 7.05. The summed E-state index contributed by atoms with van der Waals surface area (Å²) in [5.41, 5.74) is 2.41. The van der Waals surface area contributed by atoms with Crippen LogP contribution in [0.15, 0.2) is 59.0 Å². The molecule has 0 saturated heterocycles. The lowest BCUT2D eigenvalue weighted by atomic mass is 10.2. The Labute approximate surface area is 166 Å². The minimum absolute atomic E-state index is 0.259. The maximum absolute atomic E-state index is 12.4. The zero-order valence-electron chi connectivity index (χ0n) is 15.9. The first-order chi connectivity index (χ1) is 14.2. The molecule has 2 aromatic heterocycles. The monoisotopic (exact) mass is 388 g/mol. The summed E-state index contributed by atoms with van der Waals surface area (Å²) in [6.07, 6.45) is 2.22. The summed E-state index contributed by atoms with van der Waals surface area (Å²) in [4.78, 5) is 12.4. The lowest BCUT2D eigenvalue weighted by Gasteiger charge is -2.13. The number of amides is 2. The van der Waals surface area contributed by atoms with E-state index in [1.807, 2.05) is 66.2 Å². The molecular formula is C21H20N6O2. The van der Waals surface area contributed by atoms with Gasteiger partial charge in [-0.05, 0) is 66.6 Å². The maximum atomic E-state index is 12.4. The van der Waals surface area contributed by atoms with Gasteiger partial charge in [-0.2, -0.15) is 0 Å². The standard InChI is InChI=1S/C21H20N6O2/c1-13(19-12-15-4-2-3-5-18(15)29-19)22-21(28)23-16-8-6-14(7-9-16)20-24-25-26-27(20)17-10-11-17/h2-9,12-13,17H,10-11H2,1H3,(H2,22,23,28). The molecule has 146 valence electrons. The largest absolute Gasteiger partial charge is 0.459 e. The summed E-state index contributed by atoms with van der Waals surface area (Å²) in [6.45, 7) is 1.89. The molecule has 29 heavy (non-hydrogen) atoms. The van der Waals surface area contributed by atoms with Crippen LogP contribution in [-0.4, -0.2) is 26.2 Å². The number of carbonyl (C=O) groups is 1. The molecule has 0 bridgehead atoms. The van der Waals surface area contributed by atoms with Gasteiger partial charge in [0.25, 0.3) is 0 Å². The van der Waals surface area contributed by atoms with Crippen molar-refractivity contribution in [2.45, 2.75) is 31.8 Å². The number of benzene rings is 2. The van der Waals surface area contributed by atoms with E-state index in [4.69, 9.17) is 4.42 Å². The third kappa shape index (κ3) is 3.56. The zero-order chi connectivity index (χ0) is 19.8. The fraction of sp³-hybridized carbons (Fsp3) is 0.238.